The summed E-state index contributed by atoms with van der Waals surface area (Å²) in [5.74, 6) is -1.22. The van der Waals surface area contributed by atoms with Gasteiger partial charge in [0.25, 0.3) is 5.91 Å². The number of carbonyl (C=O) groups excluding carboxylic acids is 1. The number of H-pyrrole nitrogens is 1. The van der Waals surface area contributed by atoms with Gasteiger partial charge in [-0.15, -0.1) is 0 Å². The molecular formula is C19H12F4N2O2. The lowest BCUT2D eigenvalue weighted by Gasteiger charge is -2.14. The molecule has 2 aromatic carbocycles. The van der Waals surface area contributed by atoms with Crippen LogP contribution in [0.4, 0.5) is 23.2 Å². The van der Waals surface area contributed by atoms with Crippen LogP contribution in [0.1, 0.15) is 15.9 Å². The number of aromatic amines is 1. The van der Waals surface area contributed by atoms with Crippen molar-refractivity contribution in [2.45, 2.75) is 6.18 Å². The van der Waals surface area contributed by atoms with Crippen molar-refractivity contribution in [2.24, 2.45) is 0 Å². The summed E-state index contributed by atoms with van der Waals surface area (Å²) in [5, 5.41) is 2.50. The van der Waals surface area contributed by atoms with Crippen LogP contribution in [0.15, 0.2) is 65.6 Å². The maximum Gasteiger partial charge on any atom is 0.416 e. The molecule has 27 heavy (non-hydrogen) atoms. The topological polar surface area (TPSA) is 62.0 Å². The molecule has 0 radical (unpaired) electrons. The summed E-state index contributed by atoms with van der Waals surface area (Å²) in [6.45, 7) is 0. The van der Waals surface area contributed by atoms with Gasteiger partial charge in [0.1, 0.15) is 5.82 Å². The van der Waals surface area contributed by atoms with E-state index < -0.39 is 23.5 Å². The van der Waals surface area contributed by atoms with Crippen LogP contribution >= 0.6 is 0 Å². The fraction of sp³-hybridized carbons (Fsp3) is 0.0526. The highest BCUT2D eigenvalue weighted by molar-refractivity contribution is 6.08. The standard InChI is InChI=1S/C19H12F4N2O2/c20-13-4-1-11(2-5-13)16-9-12(19(21,22)23)3-7-15(16)18(27)25-14-6-8-17(26)24-10-14/h1-10H,(H,24,26)(H,25,27). The number of aromatic nitrogens is 1. The number of pyridine rings is 1. The predicted molar refractivity (Wildman–Crippen MR) is 91.9 cm³/mol. The number of rotatable bonds is 3. The molecule has 8 heteroatoms. The fourth-order valence-electron chi connectivity index (χ4n) is 2.47. The Hall–Kier alpha value is -3.42. The molecule has 1 amide bonds. The number of benzene rings is 2. The third kappa shape index (κ3) is 4.22. The van der Waals surface area contributed by atoms with Crippen molar-refractivity contribution in [3.63, 3.8) is 0 Å². The number of carbonyl (C=O) groups is 1. The summed E-state index contributed by atoms with van der Waals surface area (Å²) in [7, 11) is 0. The highest BCUT2D eigenvalue weighted by Gasteiger charge is 2.31. The molecule has 1 heterocycles. The molecule has 0 saturated carbocycles. The smallest absolute Gasteiger partial charge is 0.327 e. The van der Waals surface area contributed by atoms with Crippen molar-refractivity contribution in [2.75, 3.05) is 5.32 Å². The molecule has 0 spiro atoms. The van der Waals surface area contributed by atoms with Crippen LogP contribution in [0, 0.1) is 5.82 Å². The van der Waals surface area contributed by atoms with Crippen LogP contribution < -0.4 is 10.9 Å². The van der Waals surface area contributed by atoms with Gasteiger partial charge in [-0.2, -0.15) is 13.2 Å². The molecule has 1 aromatic heterocycles. The number of alkyl halides is 3. The van der Waals surface area contributed by atoms with Gasteiger partial charge in [-0.1, -0.05) is 12.1 Å². The average molecular weight is 376 g/mol. The zero-order valence-electron chi connectivity index (χ0n) is 13.6. The van der Waals surface area contributed by atoms with E-state index in [1.807, 2.05) is 0 Å². The number of hydrogen-bond donors (Lipinski definition) is 2. The van der Waals surface area contributed by atoms with Crippen LogP contribution in [0.2, 0.25) is 0 Å². The van der Waals surface area contributed by atoms with Crippen molar-refractivity contribution in [3.05, 3.63) is 88.1 Å². The first-order chi connectivity index (χ1) is 12.7. The van der Waals surface area contributed by atoms with Crippen LogP contribution in [-0.4, -0.2) is 10.9 Å². The van der Waals surface area contributed by atoms with E-state index in [0.29, 0.717) is 0 Å². The Morgan fingerprint density at radius 1 is 0.963 bits per heavy atom. The van der Waals surface area contributed by atoms with E-state index in [2.05, 4.69) is 10.3 Å². The summed E-state index contributed by atoms with van der Waals surface area (Å²) >= 11 is 0. The van der Waals surface area contributed by atoms with E-state index in [4.69, 9.17) is 0 Å². The number of anilines is 1. The molecular weight excluding hydrogens is 364 g/mol. The highest BCUT2D eigenvalue weighted by Crippen LogP contribution is 2.34. The molecule has 3 aromatic rings. The molecule has 0 aliphatic rings. The minimum absolute atomic E-state index is 0.00625. The summed E-state index contributed by atoms with van der Waals surface area (Å²) in [4.78, 5) is 26.0. The monoisotopic (exact) mass is 376 g/mol. The van der Waals surface area contributed by atoms with E-state index in [9.17, 15) is 27.2 Å². The van der Waals surface area contributed by atoms with Crippen LogP contribution in [-0.2, 0) is 6.18 Å². The molecule has 0 atom stereocenters. The second-order valence-electron chi connectivity index (χ2n) is 5.66. The summed E-state index contributed by atoms with van der Waals surface area (Å²) in [6.07, 6.45) is -3.33. The zero-order chi connectivity index (χ0) is 19.6. The van der Waals surface area contributed by atoms with Gasteiger partial charge >= 0.3 is 6.18 Å². The summed E-state index contributed by atoms with van der Waals surface area (Å²) < 4.78 is 52.4. The van der Waals surface area contributed by atoms with E-state index in [1.54, 1.807) is 0 Å². The Bertz CT molecular complexity index is 1020. The fourth-order valence-corrected chi connectivity index (χ4v) is 2.47. The molecule has 0 fully saturated rings. The molecule has 3 rings (SSSR count). The van der Waals surface area contributed by atoms with Gasteiger partial charge in [0.15, 0.2) is 0 Å². The van der Waals surface area contributed by atoms with E-state index >= 15 is 0 Å². The van der Waals surface area contributed by atoms with Gasteiger partial charge < -0.3 is 10.3 Å². The zero-order valence-corrected chi connectivity index (χ0v) is 13.6. The minimum atomic E-state index is -4.59. The number of halogens is 4. The minimum Gasteiger partial charge on any atom is -0.327 e. The van der Waals surface area contributed by atoms with E-state index in [0.717, 1.165) is 30.3 Å². The molecule has 4 nitrogen and oxygen atoms in total. The van der Waals surface area contributed by atoms with Crippen molar-refractivity contribution < 1.29 is 22.4 Å². The van der Waals surface area contributed by atoms with Gasteiger partial charge in [0, 0.05) is 17.8 Å². The molecule has 0 bridgehead atoms. The second kappa shape index (κ2) is 7.06. The maximum atomic E-state index is 13.2. The Kier molecular flexibility index (Phi) is 4.81. The first kappa shape index (κ1) is 18.4. The lowest BCUT2D eigenvalue weighted by atomic mass is 9.96. The summed E-state index contributed by atoms with van der Waals surface area (Å²) in [5.41, 5.74) is -0.789. The van der Waals surface area contributed by atoms with Crippen molar-refractivity contribution in [3.8, 4) is 11.1 Å². The molecule has 0 aliphatic carbocycles. The maximum absolute atomic E-state index is 13.2. The SMILES string of the molecule is O=C(Nc1ccc(=O)[nH]c1)c1ccc(C(F)(F)F)cc1-c1ccc(F)cc1. The van der Waals surface area contributed by atoms with E-state index in [1.165, 1.54) is 30.5 Å². The molecule has 0 saturated heterocycles. The van der Waals surface area contributed by atoms with Gasteiger partial charge in [-0.25, -0.2) is 4.39 Å². The lowest BCUT2D eigenvalue weighted by molar-refractivity contribution is -0.137. The largest absolute Gasteiger partial charge is 0.416 e. The molecule has 138 valence electrons. The van der Waals surface area contributed by atoms with Crippen LogP contribution in [0.5, 0.6) is 0 Å². The summed E-state index contributed by atoms with van der Waals surface area (Å²) in [6, 6.07) is 10.0. The predicted octanol–water partition coefficient (Wildman–Crippen LogP) is 4.45. The first-order valence-corrected chi connectivity index (χ1v) is 7.71. The quantitative estimate of drug-likeness (QED) is 0.664. The van der Waals surface area contributed by atoms with Gasteiger partial charge in [0.2, 0.25) is 5.56 Å². The Morgan fingerprint density at radius 2 is 1.67 bits per heavy atom. The van der Waals surface area contributed by atoms with Gasteiger partial charge in [-0.3, -0.25) is 9.59 Å². The number of hydrogen-bond acceptors (Lipinski definition) is 2. The highest BCUT2D eigenvalue weighted by atomic mass is 19.4. The normalized spacial score (nSPS) is 11.3. The lowest BCUT2D eigenvalue weighted by Crippen LogP contribution is -2.15. The van der Waals surface area contributed by atoms with Crippen LogP contribution in [0.3, 0.4) is 0 Å². The third-order valence-electron chi connectivity index (χ3n) is 3.79. The third-order valence-corrected chi connectivity index (χ3v) is 3.79. The van der Waals surface area contributed by atoms with Crippen molar-refractivity contribution >= 4 is 11.6 Å². The Labute approximate surface area is 150 Å². The van der Waals surface area contributed by atoms with E-state index in [-0.39, 0.29) is 27.9 Å². The Morgan fingerprint density at radius 3 is 2.26 bits per heavy atom. The molecule has 2 N–H and O–H groups in total. The van der Waals surface area contributed by atoms with Gasteiger partial charge in [-0.05, 0) is 47.5 Å². The second-order valence-corrected chi connectivity index (χ2v) is 5.66. The molecule has 0 unspecified atom stereocenters. The number of nitrogens with one attached hydrogen (secondary N) is 2. The first-order valence-electron chi connectivity index (χ1n) is 7.71. The number of amides is 1. The molecule has 0 aliphatic heterocycles. The Balaban J connectivity index is 2.05. The van der Waals surface area contributed by atoms with Gasteiger partial charge in [0.05, 0.1) is 11.3 Å². The van der Waals surface area contributed by atoms with Crippen LogP contribution in [0.25, 0.3) is 11.1 Å². The van der Waals surface area contributed by atoms with Crippen molar-refractivity contribution in [1.82, 2.24) is 4.98 Å². The average Bonchev–Trinajstić information content (AvgIpc) is 2.63. The van der Waals surface area contributed by atoms with Crippen molar-refractivity contribution in [1.29, 1.82) is 0 Å².